The van der Waals surface area contributed by atoms with Crippen LogP contribution >= 0.6 is 0 Å². The van der Waals surface area contributed by atoms with Crippen molar-refractivity contribution >= 4 is 23.5 Å². The van der Waals surface area contributed by atoms with Gasteiger partial charge in [0.05, 0.1) is 12.2 Å². The highest BCUT2D eigenvalue weighted by molar-refractivity contribution is 6.08. The molecule has 180 valence electrons. The van der Waals surface area contributed by atoms with Gasteiger partial charge in [0.15, 0.2) is 5.92 Å². The van der Waals surface area contributed by atoms with Crippen LogP contribution in [0.4, 0.5) is 18.9 Å². The zero-order chi connectivity index (χ0) is 24.3. The molecular formula is C24H25F3N4O3. The van der Waals surface area contributed by atoms with Crippen LogP contribution < -0.4 is 10.2 Å². The summed E-state index contributed by atoms with van der Waals surface area (Å²) in [5.41, 5.74) is 0.524. The van der Waals surface area contributed by atoms with Crippen molar-refractivity contribution in [3.63, 3.8) is 0 Å². The number of guanidine groups is 1. The van der Waals surface area contributed by atoms with Crippen molar-refractivity contribution in [1.29, 1.82) is 0 Å². The molecule has 2 aromatic rings. The van der Waals surface area contributed by atoms with E-state index in [0.29, 0.717) is 37.8 Å². The first-order chi connectivity index (χ1) is 16.3. The molecule has 2 aromatic carbocycles. The number of amides is 1. The lowest BCUT2D eigenvalue weighted by Crippen LogP contribution is -2.57. The molecule has 1 fully saturated rings. The van der Waals surface area contributed by atoms with E-state index in [1.54, 1.807) is 13.0 Å². The first kappa shape index (κ1) is 23.6. The van der Waals surface area contributed by atoms with Crippen LogP contribution in [0.15, 0.2) is 59.6 Å². The molecule has 4 rings (SSSR count). The molecule has 1 saturated heterocycles. The predicted octanol–water partition coefficient (Wildman–Crippen LogP) is 3.23. The molecule has 34 heavy (non-hydrogen) atoms. The number of alkyl halides is 3. The van der Waals surface area contributed by atoms with E-state index < -0.39 is 35.6 Å². The van der Waals surface area contributed by atoms with Crippen LogP contribution in [0.5, 0.6) is 0 Å². The van der Waals surface area contributed by atoms with Crippen molar-refractivity contribution in [2.24, 2.45) is 10.9 Å². The highest BCUT2D eigenvalue weighted by Gasteiger charge is 2.42. The number of nitrogens with zero attached hydrogens (tertiary/aromatic N) is 3. The molecule has 0 bridgehead atoms. The maximum absolute atomic E-state index is 13.1. The number of nitrogens with one attached hydrogen (secondary N) is 1. The quantitative estimate of drug-likeness (QED) is 0.544. The Labute approximate surface area is 195 Å². The molecule has 7 nitrogen and oxygen atoms in total. The number of hydrogen-bond acceptors (Lipinski definition) is 6. The van der Waals surface area contributed by atoms with E-state index in [4.69, 9.17) is 9.73 Å². The van der Waals surface area contributed by atoms with Gasteiger partial charge in [0.2, 0.25) is 11.9 Å². The van der Waals surface area contributed by atoms with Gasteiger partial charge >= 0.3 is 12.1 Å². The topological polar surface area (TPSA) is 74.2 Å². The van der Waals surface area contributed by atoms with Gasteiger partial charge < -0.3 is 14.5 Å². The number of aliphatic imine (C=N–C) groups is 1. The van der Waals surface area contributed by atoms with E-state index in [1.807, 2.05) is 40.1 Å². The van der Waals surface area contributed by atoms with Gasteiger partial charge in [0, 0.05) is 31.9 Å². The number of ether oxygens (including phenoxy) is 1. The summed E-state index contributed by atoms with van der Waals surface area (Å²) in [6.07, 6.45) is -4.40. The van der Waals surface area contributed by atoms with Crippen molar-refractivity contribution in [1.82, 2.24) is 10.2 Å². The van der Waals surface area contributed by atoms with Crippen LogP contribution in [-0.4, -0.2) is 55.5 Å². The van der Waals surface area contributed by atoms with Gasteiger partial charge in [-0.25, -0.2) is 4.99 Å². The Morgan fingerprint density at radius 2 is 1.74 bits per heavy atom. The molecule has 0 saturated carbocycles. The Morgan fingerprint density at radius 3 is 2.38 bits per heavy atom. The van der Waals surface area contributed by atoms with E-state index in [0.717, 1.165) is 17.7 Å². The lowest BCUT2D eigenvalue weighted by molar-refractivity contribution is -0.153. The van der Waals surface area contributed by atoms with E-state index in [-0.39, 0.29) is 6.61 Å². The number of carbonyl (C=O) groups excluding carboxylic acids is 2. The fraction of sp³-hybridized carbons (Fsp3) is 0.375. The number of halogens is 3. The van der Waals surface area contributed by atoms with E-state index >= 15 is 0 Å². The second-order valence-corrected chi connectivity index (χ2v) is 8.05. The summed E-state index contributed by atoms with van der Waals surface area (Å²) in [6.45, 7) is 3.62. The molecule has 1 N–H and O–H groups in total. The highest BCUT2D eigenvalue weighted by atomic mass is 19.4. The number of rotatable bonds is 4. The standard InChI is InChI=1S/C24H25F3N4O3/c1-2-34-22(33)19-20(16-7-4-3-5-8-16)28-23(29-21(19)32)31-13-11-30(12-14-31)18-10-6-9-17(15-18)24(25,26)27/h3-10,15,19-20H,2,11-14H2,1H3,(H,28,29,32). The van der Waals surface area contributed by atoms with Crippen molar-refractivity contribution in [2.75, 3.05) is 37.7 Å². The van der Waals surface area contributed by atoms with E-state index in [1.165, 1.54) is 6.07 Å². The minimum Gasteiger partial charge on any atom is -0.465 e. The van der Waals surface area contributed by atoms with Crippen LogP contribution in [0, 0.1) is 5.92 Å². The fourth-order valence-corrected chi connectivity index (χ4v) is 4.17. The molecule has 2 heterocycles. The summed E-state index contributed by atoms with van der Waals surface area (Å²) in [5, 5.41) is 2.73. The van der Waals surface area contributed by atoms with Gasteiger partial charge in [-0.3, -0.25) is 14.9 Å². The average molecular weight is 474 g/mol. The maximum Gasteiger partial charge on any atom is 0.416 e. The third kappa shape index (κ3) is 5.00. The van der Waals surface area contributed by atoms with Gasteiger partial charge in [-0.15, -0.1) is 0 Å². The molecule has 2 aliphatic heterocycles. The Balaban J connectivity index is 1.52. The number of anilines is 1. The molecule has 0 radical (unpaired) electrons. The average Bonchev–Trinajstić information content (AvgIpc) is 2.84. The minimum atomic E-state index is -4.40. The Hall–Kier alpha value is -3.56. The van der Waals surface area contributed by atoms with Crippen LogP contribution in [0.3, 0.4) is 0 Å². The second-order valence-electron chi connectivity index (χ2n) is 8.05. The summed E-state index contributed by atoms with van der Waals surface area (Å²) in [7, 11) is 0. The summed E-state index contributed by atoms with van der Waals surface area (Å²) in [5.74, 6) is -1.87. The van der Waals surface area contributed by atoms with Gasteiger partial charge in [-0.2, -0.15) is 13.2 Å². The van der Waals surface area contributed by atoms with Crippen molar-refractivity contribution < 1.29 is 27.5 Å². The molecular weight excluding hydrogens is 449 g/mol. The lowest BCUT2D eigenvalue weighted by Gasteiger charge is -2.39. The minimum absolute atomic E-state index is 0.151. The van der Waals surface area contributed by atoms with Crippen LogP contribution in [0.2, 0.25) is 0 Å². The van der Waals surface area contributed by atoms with Crippen LogP contribution in [0.25, 0.3) is 0 Å². The number of carbonyl (C=O) groups is 2. The normalized spacial score (nSPS) is 21.1. The monoisotopic (exact) mass is 474 g/mol. The largest absolute Gasteiger partial charge is 0.465 e. The Kier molecular flexibility index (Phi) is 6.76. The van der Waals surface area contributed by atoms with Crippen molar-refractivity contribution in [3.05, 3.63) is 65.7 Å². The van der Waals surface area contributed by atoms with E-state index in [9.17, 15) is 22.8 Å². The lowest BCUT2D eigenvalue weighted by atomic mass is 9.91. The summed E-state index contributed by atoms with van der Waals surface area (Å²) >= 11 is 0. The number of hydrogen-bond donors (Lipinski definition) is 1. The van der Waals surface area contributed by atoms with Gasteiger partial charge in [0.25, 0.3) is 0 Å². The number of benzene rings is 2. The maximum atomic E-state index is 13.1. The summed E-state index contributed by atoms with van der Waals surface area (Å²) in [6, 6.07) is 13.6. The Morgan fingerprint density at radius 1 is 1.06 bits per heavy atom. The molecule has 10 heteroatoms. The first-order valence-electron chi connectivity index (χ1n) is 11.1. The van der Waals surface area contributed by atoms with Crippen LogP contribution in [0.1, 0.15) is 24.1 Å². The van der Waals surface area contributed by atoms with E-state index in [2.05, 4.69) is 5.32 Å². The molecule has 0 spiro atoms. The van der Waals surface area contributed by atoms with Gasteiger partial charge in [0.1, 0.15) is 6.04 Å². The summed E-state index contributed by atoms with van der Waals surface area (Å²) in [4.78, 5) is 33.9. The SMILES string of the molecule is CCOC(=O)C1C(=O)NC(N2CCN(c3cccc(C(F)(F)F)c3)CC2)=NC1c1ccccc1. The third-order valence-corrected chi connectivity index (χ3v) is 5.89. The molecule has 0 aliphatic carbocycles. The van der Waals surface area contributed by atoms with Crippen molar-refractivity contribution in [3.8, 4) is 0 Å². The van der Waals surface area contributed by atoms with Gasteiger partial charge in [-0.05, 0) is 30.7 Å². The molecule has 2 unspecified atom stereocenters. The second kappa shape index (κ2) is 9.74. The first-order valence-corrected chi connectivity index (χ1v) is 11.1. The molecule has 0 aromatic heterocycles. The third-order valence-electron chi connectivity index (χ3n) is 5.89. The molecule has 1 amide bonds. The fourth-order valence-electron chi connectivity index (χ4n) is 4.17. The van der Waals surface area contributed by atoms with Crippen LogP contribution in [-0.2, 0) is 20.5 Å². The zero-order valence-corrected chi connectivity index (χ0v) is 18.6. The smallest absolute Gasteiger partial charge is 0.416 e. The van der Waals surface area contributed by atoms with Gasteiger partial charge in [-0.1, -0.05) is 36.4 Å². The molecule has 2 aliphatic rings. The number of esters is 1. The number of piperazine rings is 1. The Bertz CT molecular complexity index is 1070. The zero-order valence-electron chi connectivity index (χ0n) is 18.6. The van der Waals surface area contributed by atoms with Crippen molar-refractivity contribution in [2.45, 2.75) is 19.1 Å². The highest BCUT2D eigenvalue weighted by Crippen LogP contribution is 2.33. The molecule has 2 atom stereocenters. The predicted molar refractivity (Wildman–Crippen MR) is 120 cm³/mol. The summed E-state index contributed by atoms with van der Waals surface area (Å²) < 4.78 is 44.3.